The van der Waals surface area contributed by atoms with Crippen LogP contribution in [0.3, 0.4) is 0 Å². The summed E-state index contributed by atoms with van der Waals surface area (Å²) in [5.74, 6) is 5.94. The van der Waals surface area contributed by atoms with E-state index < -0.39 is 5.60 Å². The second-order valence-electron chi connectivity index (χ2n) is 5.21. The van der Waals surface area contributed by atoms with Gasteiger partial charge in [-0.15, -0.1) is 0 Å². The smallest absolute Gasteiger partial charge is 0.180 e. The molecule has 0 saturated heterocycles. The number of phenols is 1. The summed E-state index contributed by atoms with van der Waals surface area (Å²) in [6.07, 6.45) is 0. The lowest BCUT2D eigenvalue weighted by atomic mass is 9.86. The maximum absolute atomic E-state index is 11.3. The van der Waals surface area contributed by atoms with Crippen LogP contribution >= 0.6 is 0 Å². The van der Waals surface area contributed by atoms with Gasteiger partial charge < -0.3 is 10.2 Å². The Labute approximate surface area is 135 Å². The number of aliphatic hydroxyl groups is 1. The molecule has 0 heterocycles. The van der Waals surface area contributed by atoms with Crippen molar-refractivity contribution in [3.05, 3.63) is 102 Å². The van der Waals surface area contributed by atoms with Crippen molar-refractivity contribution in [2.75, 3.05) is 0 Å². The quantitative estimate of drug-likeness (QED) is 0.709. The van der Waals surface area contributed by atoms with Crippen LogP contribution in [0, 0.1) is 11.8 Å². The van der Waals surface area contributed by atoms with Gasteiger partial charge in [0.2, 0.25) is 0 Å². The molecule has 3 aromatic rings. The summed E-state index contributed by atoms with van der Waals surface area (Å²) in [6.45, 7) is 0. The van der Waals surface area contributed by atoms with Gasteiger partial charge >= 0.3 is 0 Å². The summed E-state index contributed by atoms with van der Waals surface area (Å²) in [7, 11) is 0. The average molecular weight is 300 g/mol. The van der Waals surface area contributed by atoms with Crippen molar-refractivity contribution in [3.8, 4) is 17.6 Å². The van der Waals surface area contributed by atoms with Crippen LogP contribution in [0.1, 0.15) is 16.7 Å². The van der Waals surface area contributed by atoms with Crippen molar-refractivity contribution in [1.82, 2.24) is 0 Å². The van der Waals surface area contributed by atoms with E-state index in [4.69, 9.17) is 0 Å². The maximum Gasteiger partial charge on any atom is 0.180 e. The van der Waals surface area contributed by atoms with Crippen molar-refractivity contribution < 1.29 is 10.2 Å². The summed E-state index contributed by atoms with van der Waals surface area (Å²) in [5, 5.41) is 21.4. The minimum Gasteiger partial charge on any atom is -0.508 e. The SMILES string of the molecule is Oc1ccccc1C(O)(C#Cc1ccccc1)c1ccccc1. The summed E-state index contributed by atoms with van der Waals surface area (Å²) in [4.78, 5) is 0. The Bertz CT molecular complexity index is 845. The second-order valence-corrected chi connectivity index (χ2v) is 5.21. The van der Waals surface area contributed by atoms with Gasteiger partial charge in [-0.3, -0.25) is 0 Å². The first-order valence-electron chi connectivity index (χ1n) is 7.35. The van der Waals surface area contributed by atoms with Crippen LogP contribution in [-0.2, 0) is 5.60 Å². The Kier molecular flexibility index (Phi) is 4.14. The van der Waals surface area contributed by atoms with Crippen molar-refractivity contribution >= 4 is 0 Å². The van der Waals surface area contributed by atoms with E-state index in [-0.39, 0.29) is 5.75 Å². The zero-order valence-corrected chi connectivity index (χ0v) is 12.5. The third-order valence-electron chi connectivity index (χ3n) is 3.65. The van der Waals surface area contributed by atoms with Gasteiger partial charge in [0.15, 0.2) is 5.60 Å². The molecule has 0 radical (unpaired) electrons. The predicted octanol–water partition coefficient (Wildman–Crippen LogP) is 3.68. The van der Waals surface area contributed by atoms with Crippen LogP contribution in [0.15, 0.2) is 84.9 Å². The van der Waals surface area contributed by atoms with Crippen LogP contribution in [-0.4, -0.2) is 10.2 Å². The molecule has 0 aliphatic heterocycles. The molecule has 3 rings (SSSR count). The Morgan fingerprint density at radius 3 is 1.91 bits per heavy atom. The molecule has 23 heavy (non-hydrogen) atoms. The van der Waals surface area contributed by atoms with Gasteiger partial charge in [-0.05, 0) is 18.2 Å². The maximum atomic E-state index is 11.3. The molecular formula is C21H16O2. The predicted molar refractivity (Wildman–Crippen MR) is 90.9 cm³/mol. The number of hydrogen-bond acceptors (Lipinski definition) is 2. The highest BCUT2D eigenvalue weighted by Gasteiger charge is 2.31. The molecule has 2 nitrogen and oxygen atoms in total. The Balaban J connectivity index is 2.16. The first kappa shape index (κ1) is 14.9. The van der Waals surface area contributed by atoms with Crippen molar-refractivity contribution in [1.29, 1.82) is 0 Å². The van der Waals surface area contributed by atoms with Gasteiger partial charge in [0, 0.05) is 16.7 Å². The van der Waals surface area contributed by atoms with Gasteiger partial charge in [-0.2, -0.15) is 0 Å². The second kappa shape index (κ2) is 6.39. The zero-order chi connectivity index (χ0) is 16.1. The van der Waals surface area contributed by atoms with Gasteiger partial charge in [0.1, 0.15) is 5.75 Å². The van der Waals surface area contributed by atoms with Crippen LogP contribution in [0.25, 0.3) is 0 Å². The highest BCUT2D eigenvalue weighted by Crippen LogP contribution is 2.34. The fourth-order valence-corrected chi connectivity index (χ4v) is 2.44. The standard InChI is InChI=1S/C21H16O2/c22-20-14-8-7-13-19(20)21(23,18-11-5-2-6-12-18)16-15-17-9-3-1-4-10-17/h1-14,22-23H. The lowest BCUT2D eigenvalue weighted by Gasteiger charge is -2.24. The van der Waals surface area contributed by atoms with Crippen LogP contribution < -0.4 is 0 Å². The first-order chi connectivity index (χ1) is 11.2. The number of para-hydroxylation sites is 1. The van der Waals surface area contributed by atoms with E-state index in [0.29, 0.717) is 11.1 Å². The van der Waals surface area contributed by atoms with Crippen molar-refractivity contribution in [3.63, 3.8) is 0 Å². The zero-order valence-electron chi connectivity index (χ0n) is 12.5. The molecule has 0 amide bonds. The highest BCUT2D eigenvalue weighted by atomic mass is 16.3. The van der Waals surface area contributed by atoms with E-state index >= 15 is 0 Å². The Morgan fingerprint density at radius 2 is 1.26 bits per heavy atom. The van der Waals surface area contributed by atoms with Gasteiger partial charge in [0.25, 0.3) is 0 Å². The van der Waals surface area contributed by atoms with Crippen molar-refractivity contribution in [2.24, 2.45) is 0 Å². The fraction of sp³-hybridized carbons (Fsp3) is 0.0476. The first-order valence-corrected chi connectivity index (χ1v) is 7.35. The summed E-state index contributed by atoms with van der Waals surface area (Å²) in [6, 6.07) is 25.3. The highest BCUT2D eigenvalue weighted by molar-refractivity contribution is 5.52. The summed E-state index contributed by atoms with van der Waals surface area (Å²) in [5.41, 5.74) is 0.208. The molecule has 0 fully saturated rings. The summed E-state index contributed by atoms with van der Waals surface area (Å²) < 4.78 is 0. The molecule has 0 saturated carbocycles. The Morgan fingerprint density at radius 1 is 0.696 bits per heavy atom. The van der Waals surface area contributed by atoms with Crippen LogP contribution in [0.2, 0.25) is 0 Å². The number of rotatable bonds is 2. The van der Waals surface area contributed by atoms with Crippen LogP contribution in [0.4, 0.5) is 0 Å². The molecule has 0 aromatic heterocycles. The molecule has 112 valence electrons. The van der Waals surface area contributed by atoms with E-state index in [1.165, 1.54) is 0 Å². The molecule has 2 heteroatoms. The van der Waals surface area contributed by atoms with Crippen molar-refractivity contribution in [2.45, 2.75) is 5.60 Å². The third-order valence-corrected chi connectivity index (χ3v) is 3.65. The molecular weight excluding hydrogens is 284 g/mol. The number of aromatic hydroxyl groups is 1. The Hall–Kier alpha value is -3.02. The van der Waals surface area contributed by atoms with E-state index in [1.807, 2.05) is 48.5 Å². The van der Waals surface area contributed by atoms with E-state index in [1.54, 1.807) is 36.4 Å². The van der Waals surface area contributed by atoms with E-state index in [2.05, 4.69) is 11.8 Å². The molecule has 0 bridgehead atoms. The van der Waals surface area contributed by atoms with Crippen LogP contribution in [0.5, 0.6) is 5.75 Å². The largest absolute Gasteiger partial charge is 0.508 e. The fourth-order valence-electron chi connectivity index (χ4n) is 2.44. The molecule has 0 aliphatic rings. The minimum absolute atomic E-state index is 0.0150. The van der Waals surface area contributed by atoms with Gasteiger partial charge in [-0.25, -0.2) is 0 Å². The topological polar surface area (TPSA) is 40.5 Å². The molecule has 0 aliphatic carbocycles. The third kappa shape index (κ3) is 3.11. The number of hydrogen-bond donors (Lipinski definition) is 2. The minimum atomic E-state index is -1.58. The van der Waals surface area contributed by atoms with Gasteiger partial charge in [0.05, 0.1) is 0 Å². The molecule has 2 N–H and O–H groups in total. The van der Waals surface area contributed by atoms with E-state index in [9.17, 15) is 10.2 Å². The molecule has 1 atom stereocenters. The van der Waals surface area contributed by atoms with E-state index in [0.717, 1.165) is 5.56 Å². The normalized spacial score (nSPS) is 12.7. The number of benzene rings is 3. The summed E-state index contributed by atoms with van der Waals surface area (Å²) >= 11 is 0. The average Bonchev–Trinajstić information content (AvgIpc) is 2.62. The lowest BCUT2D eigenvalue weighted by molar-refractivity contribution is 0.141. The molecule has 0 spiro atoms. The van der Waals surface area contributed by atoms with Gasteiger partial charge in [-0.1, -0.05) is 78.6 Å². The monoisotopic (exact) mass is 300 g/mol. The molecule has 1 unspecified atom stereocenters. The number of phenolic OH excluding ortho intramolecular Hbond substituents is 1. The molecule has 3 aromatic carbocycles. The lowest BCUT2D eigenvalue weighted by Crippen LogP contribution is -2.25.